The summed E-state index contributed by atoms with van der Waals surface area (Å²) >= 11 is 0. The predicted molar refractivity (Wildman–Crippen MR) is 68.4 cm³/mol. The van der Waals surface area contributed by atoms with E-state index in [1.54, 1.807) is 6.92 Å². The molecule has 0 saturated heterocycles. The standard InChI is InChI=1S/C14H21F2NO/c1-10-8-14(16)12(9-13(10)15)11(2)17-6-4-3-5-7-18/h8-9,11,17-18H,3-7H2,1-2H3. The van der Waals surface area contributed by atoms with E-state index in [1.165, 1.54) is 12.1 Å². The van der Waals surface area contributed by atoms with Gasteiger partial charge >= 0.3 is 0 Å². The van der Waals surface area contributed by atoms with Crippen molar-refractivity contribution in [1.29, 1.82) is 0 Å². The van der Waals surface area contributed by atoms with E-state index >= 15 is 0 Å². The molecule has 18 heavy (non-hydrogen) atoms. The number of halogens is 2. The van der Waals surface area contributed by atoms with Crippen molar-refractivity contribution in [2.45, 2.75) is 39.2 Å². The quantitative estimate of drug-likeness (QED) is 0.736. The summed E-state index contributed by atoms with van der Waals surface area (Å²) in [6, 6.07) is 2.28. The summed E-state index contributed by atoms with van der Waals surface area (Å²) in [6.45, 7) is 4.30. The minimum Gasteiger partial charge on any atom is -0.396 e. The lowest BCUT2D eigenvalue weighted by atomic mass is 10.0. The Morgan fingerprint density at radius 1 is 1.17 bits per heavy atom. The van der Waals surface area contributed by atoms with Gasteiger partial charge in [-0.3, -0.25) is 0 Å². The van der Waals surface area contributed by atoms with E-state index in [1.807, 2.05) is 6.92 Å². The highest BCUT2D eigenvalue weighted by Crippen LogP contribution is 2.20. The van der Waals surface area contributed by atoms with Crippen molar-refractivity contribution in [1.82, 2.24) is 5.32 Å². The maximum absolute atomic E-state index is 13.7. The molecule has 1 aromatic carbocycles. The molecule has 0 heterocycles. The van der Waals surface area contributed by atoms with Crippen molar-refractivity contribution >= 4 is 0 Å². The molecule has 1 rings (SSSR count). The summed E-state index contributed by atoms with van der Waals surface area (Å²) in [6.07, 6.45) is 2.63. The average Bonchev–Trinajstić information content (AvgIpc) is 2.33. The lowest BCUT2D eigenvalue weighted by molar-refractivity contribution is 0.282. The summed E-state index contributed by atoms with van der Waals surface area (Å²) in [5, 5.41) is 11.8. The van der Waals surface area contributed by atoms with Gasteiger partial charge < -0.3 is 10.4 Å². The van der Waals surface area contributed by atoms with E-state index in [2.05, 4.69) is 5.32 Å². The molecule has 102 valence electrons. The van der Waals surface area contributed by atoms with Gasteiger partial charge in [0.05, 0.1) is 0 Å². The number of rotatable bonds is 7. The molecule has 1 atom stereocenters. The van der Waals surface area contributed by atoms with Crippen LogP contribution >= 0.6 is 0 Å². The fourth-order valence-electron chi connectivity index (χ4n) is 1.84. The van der Waals surface area contributed by atoms with E-state index in [-0.39, 0.29) is 24.3 Å². The van der Waals surface area contributed by atoms with Crippen molar-refractivity contribution < 1.29 is 13.9 Å². The Bertz CT molecular complexity index is 382. The van der Waals surface area contributed by atoms with Crippen LogP contribution in [0.15, 0.2) is 12.1 Å². The van der Waals surface area contributed by atoms with Crippen molar-refractivity contribution in [3.8, 4) is 0 Å². The number of hydrogen-bond donors (Lipinski definition) is 2. The lowest BCUT2D eigenvalue weighted by Gasteiger charge is -2.15. The van der Waals surface area contributed by atoms with Crippen LogP contribution in [0.3, 0.4) is 0 Å². The lowest BCUT2D eigenvalue weighted by Crippen LogP contribution is -2.21. The molecule has 0 saturated carbocycles. The Morgan fingerprint density at radius 2 is 1.89 bits per heavy atom. The monoisotopic (exact) mass is 257 g/mol. The van der Waals surface area contributed by atoms with Crippen LogP contribution in [-0.4, -0.2) is 18.3 Å². The molecule has 4 heteroatoms. The Balaban J connectivity index is 2.51. The van der Waals surface area contributed by atoms with Crippen molar-refractivity contribution in [2.24, 2.45) is 0 Å². The van der Waals surface area contributed by atoms with E-state index in [9.17, 15) is 8.78 Å². The largest absolute Gasteiger partial charge is 0.396 e. The Morgan fingerprint density at radius 3 is 2.56 bits per heavy atom. The zero-order chi connectivity index (χ0) is 13.5. The average molecular weight is 257 g/mol. The van der Waals surface area contributed by atoms with Crippen LogP contribution in [0.1, 0.15) is 43.4 Å². The molecular weight excluding hydrogens is 236 g/mol. The highest BCUT2D eigenvalue weighted by atomic mass is 19.1. The zero-order valence-corrected chi connectivity index (χ0v) is 11.0. The van der Waals surface area contributed by atoms with Gasteiger partial charge in [0.2, 0.25) is 0 Å². The summed E-state index contributed by atoms with van der Waals surface area (Å²) in [5.74, 6) is -0.746. The topological polar surface area (TPSA) is 32.3 Å². The molecule has 0 bridgehead atoms. The Hall–Kier alpha value is -1.00. The molecular formula is C14H21F2NO. The molecule has 0 spiro atoms. The number of nitrogens with one attached hydrogen (secondary N) is 1. The minimum atomic E-state index is -0.375. The number of aliphatic hydroxyl groups excluding tert-OH is 1. The van der Waals surface area contributed by atoms with Crippen LogP contribution in [0.25, 0.3) is 0 Å². The van der Waals surface area contributed by atoms with Crippen LogP contribution < -0.4 is 5.32 Å². The summed E-state index contributed by atoms with van der Waals surface area (Å²) in [5.41, 5.74) is 0.687. The fourth-order valence-corrected chi connectivity index (χ4v) is 1.84. The van der Waals surface area contributed by atoms with Gasteiger partial charge in [-0.1, -0.05) is 0 Å². The molecule has 0 amide bonds. The molecule has 2 nitrogen and oxygen atoms in total. The first-order valence-corrected chi connectivity index (χ1v) is 6.36. The highest BCUT2D eigenvalue weighted by molar-refractivity contribution is 5.27. The van der Waals surface area contributed by atoms with Crippen LogP contribution in [0, 0.1) is 18.6 Å². The molecule has 1 aromatic rings. The third-order valence-electron chi connectivity index (χ3n) is 3.03. The molecule has 0 aliphatic rings. The third kappa shape index (κ3) is 4.35. The van der Waals surface area contributed by atoms with Crippen LogP contribution in [-0.2, 0) is 0 Å². The van der Waals surface area contributed by atoms with E-state index < -0.39 is 0 Å². The SMILES string of the molecule is Cc1cc(F)c(C(C)NCCCCCO)cc1F. The van der Waals surface area contributed by atoms with Gasteiger partial charge in [0.1, 0.15) is 11.6 Å². The van der Waals surface area contributed by atoms with Gasteiger partial charge in [0, 0.05) is 18.2 Å². The summed E-state index contributed by atoms with van der Waals surface area (Å²) in [7, 11) is 0. The van der Waals surface area contributed by atoms with Gasteiger partial charge in [0.25, 0.3) is 0 Å². The molecule has 0 fully saturated rings. The molecule has 0 radical (unpaired) electrons. The molecule has 0 aliphatic carbocycles. The van der Waals surface area contributed by atoms with Gasteiger partial charge in [-0.15, -0.1) is 0 Å². The second kappa shape index (κ2) is 7.44. The number of unbranched alkanes of at least 4 members (excludes halogenated alkanes) is 2. The maximum atomic E-state index is 13.7. The molecule has 0 aliphatic heterocycles. The normalized spacial score (nSPS) is 12.7. The van der Waals surface area contributed by atoms with Crippen LogP contribution in [0.5, 0.6) is 0 Å². The minimum absolute atomic E-state index is 0.202. The first-order valence-electron chi connectivity index (χ1n) is 6.36. The smallest absolute Gasteiger partial charge is 0.128 e. The third-order valence-corrected chi connectivity index (χ3v) is 3.03. The second-order valence-electron chi connectivity index (χ2n) is 4.58. The number of hydrogen-bond acceptors (Lipinski definition) is 2. The Kier molecular flexibility index (Phi) is 6.22. The van der Waals surface area contributed by atoms with Gasteiger partial charge in [-0.05, 0) is 57.4 Å². The number of aryl methyl sites for hydroxylation is 1. The number of benzene rings is 1. The molecule has 1 unspecified atom stereocenters. The fraction of sp³-hybridized carbons (Fsp3) is 0.571. The van der Waals surface area contributed by atoms with Crippen molar-refractivity contribution in [3.63, 3.8) is 0 Å². The van der Waals surface area contributed by atoms with Crippen LogP contribution in [0.2, 0.25) is 0 Å². The zero-order valence-electron chi connectivity index (χ0n) is 11.0. The van der Waals surface area contributed by atoms with Crippen molar-refractivity contribution in [3.05, 3.63) is 34.9 Å². The first kappa shape index (κ1) is 15.1. The van der Waals surface area contributed by atoms with Gasteiger partial charge in [-0.25, -0.2) is 8.78 Å². The first-order chi connectivity index (χ1) is 8.56. The van der Waals surface area contributed by atoms with E-state index in [4.69, 9.17) is 5.11 Å². The number of aliphatic hydroxyl groups is 1. The molecule has 2 N–H and O–H groups in total. The van der Waals surface area contributed by atoms with Gasteiger partial charge in [0.15, 0.2) is 0 Å². The predicted octanol–water partition coefficient (Wildman–Crippen LogP) is 3.09. The maximum Gasteiger partial charge on any atom is 0.128 e. The van der Waals surface area contributed by atoms with E-state index in [0.29, 0.717) is 11.1 Å². The van der Waals surface area contributed by atoms with Gasteiger partial charge in [-0.2, -0.15) is 0 Å². The molecule has 0 aromatic heterocycles. The van der Waals surface area contributed by atoms with E-state index in [0.717, 1.165) is 25.8 Å². The summed E-state index contributed by atoms with van der Waals surface area (Å²) in [4.78, 5) is 0. The second-order valence-corrected chi connectivity index (χ2v) is 4.58. The Labute approximate surface area is 107 Å². The summed E-state index contributed by atoms with van der Waals surface area (Å²) < 4.78 is 27.1. The van der Waals surface area contributed by atoms with Crippen molar-refractivity contribution in [2.75, 3.05) is 13.2 Å². The van der Waals surface area contributed by atoms with Crippen LogP contribution in [0.4, 0.5) is 8.78 Å². The highest BCUT2D eigenvalue weighted by Gasteiger charge is 2.13.